The number of hydrogen-bond acceptors (Lipinski definition) is 1. The van der Waals surface area contributed by atoms with Crippen molar-refractivity contribution in [3.8, 4) is 0 Å². The van der Waals surface area contributed by atoms with Gasteiger partial charge in [0, 0.05) is 0 Å². The molecule has 0 saturated heterocycles. The normalized spacial score (nSPS) is 35.1. The zero-order valence-electron chi connectivity index (χ0n) is 13.4. The maximum atomic E-state index is 11.1. The molecule has 1 heteroatoms. The summed E-state index contributed by atoms with van der Waals surface area (Å²) in [6.07, 6.45) is 13.9. The SMILES string of the molecule is CCC(C)(C)C1CCC(O)(C2CCCCCC2)CC1. The first-order valence-electron chi connectivity index (χ1n) is 8.70. The summed E-state index contributed by atoms with van der Waals surface area (Å²) in [7, 11) is 0. The van der Waals surface area contributed by atoms with Crippen LogP contribution in [0.3, 0.4) is 0 Å². The highest BCUT2D eigenvalue weighted by molar-refractivity contribution is 4.94. The van der Waals surface area contributed by atoms with E-state index >= 15 is 0 Å². The Morgan fingerprint density at radius 2 is 1.47 bits per heavy atom. The van der Waals surface area contributed by atoms with Crippen molar-refractivity contribution in [1.82, 2.24) is 0 Å². The summed E-state index contributed by atoms with van der Waals surface area (Å²) >= 11 is 0. The Hall–Kier alpha value is -0.0400. The highest BCUT2D eigenvalue weighted by Crippen LogP contribution is 2.47. The standard InChI is InChI=1S/C18H34O/c1-4-17(2,3)15-11-13-18(19,14-12-15)16-9-7-5-6-8-10-16/h15-16,19H,4-14H2,1-3H3. The third kappa shape index (κ3) is 3.54. The third-order valence-electron chi connectivity index (χ3n) is 6.48. The van der Waals surface area contributed by atoms with Crippen LogP contribution >= 0.6 is 0 Å². The van der Waals surface area contributed by atoms with Crippen LogP contribution in [0.4, 0.5) is 0 Å². The Morgan fingerprint density at radius 3 is 1.95 bits per heavy atom. The van der Waals surface area contributed by atoms with Gasteiger partial charge in [0.1, 0.15) is 0 Å². The molecule has 2 saturated carbocycles. The molecule has 112 valence electrons. The van der Waals surface area contributed by atoms with Crippen LogP contribution in [0.15, 0.2) is 0 Å². The Bertz CT molecular complexity index is 265. The highest BCUT2D eigenvalue weighted by Gasteiger charge is 2.42. The number of rotatable bonds is 3. The molecule has 2 rings (SSSR count). The fraction of sp³-hybridized carbons (Fsp3) is 1.00. The minimum atomic E-state index is -0.315. The van der Waals surface area contributed by atoms with Crippen LogP contribution < -0.4 is 0 Å². The number of hydrogen-bond donors (Lipinski definition) is 1. The summed E-state index contributed by atoms with van der Waals surface area (Å²) < 4.78 is 0. The molecule has 1 N–H and O–H groups in total. The molecule has 0 aromatic carbocycles. The Kier molecular flexibility index (Phi) is 4.98. The fourth-order valence-electron chi connectivity index (χ4n) is 4.41. The largest absolute Gasteiger partial charge is 0.390 e. The van der Waals surface area contributed by atoms with E-state index in [1.165, 1.54) is 57.8 Å². The van der Waals surface area contributed by atoms with Crippen LogP contribution in [0.5, 0.6) is 0 Å². The van der Waals surface area contributed by atoms with E-state index in [9.17, 15) is 5.11 Å². The lowest BCUT2D eigenvalue weighted by molar-refractivity contribution is -0.0759. The molecular formula is C18H34O. The van der Waals surface area contributed by atoms with E-state index in [2.05, 4.69) is 20.8 Å². The second kappa shape index (κ2) is 6.16. The van der Waals surface area contributed by atoms with Crippen molar-refractivity contribution in [2.24, 2.45) is 17.3 Å². The minimum absolute atomic E-state index is 0.315. The van der Waals surface area contributed by atoms with Crippen molar-refractivity contribution in [3.63, 3.8) is 0 Å². The number of aliphatic hydroxyl groups is 1. The Labute approximate surface area is 120 Å². The van der Waals surface area contributed by atoms with Crippen LogP contribution in [0.1, 0.15) is 91.4 Å². The van der Waals surface area contributed by atoms with Crippen LogP contribution in [0, 0.1) is 17.3 Å². The van der Waals surface area contributed by atoms with Gasteiger partial charge in [-0.3, -0.25) is 0 Å². The van der Waals surface area contributed by atoms with Gasteiger partial charge < -0.3 is 5.11 Å². The molecule has 2 fully saturated rings. The van der Waals surface area contributed by atoms with E-state index in [0.29, 0.717) is 11.3 Å². The van der Waals surface area contributed by atoms with E-state index in [1.54, 1.807) is 0 Å². The minimum Gasteiger partial charge on any atom is -0.390 e. The molecule has 19 heavy (non-hydrogen) atoms. The van der Waals surface area contributed by atoms with Crippen LogP contribution in [0.2, 0.25) is 0 Å². The molecule has 0 spiro atoms. The molecule has 0 aromatic heterocycles. The highest BCUT2D eigenvalue weighted by atomic mass is 16.3. The Balaban J connectivity index is 1.93. The van der Waals surface area contributed by atoms with Crippen molar-refractivity contribution in [3.05, 3.63) is 0 Å². The molecule has 0 aromatic rings. The molecule has 2 aliphatic rings. The van der Waals surface area contributed by atoms with Gasteiger partial charge in [-0.05, 0) is 55.8 Å². The van der Waals surface area contributed by atoms with E-state index in [1.807, 2.05) is 0 Å². The lowest BCUT2D eigenvalue weighted by Gasteiger charge is -2.45. The van der Waals surface area contributed by atoms with Crippen molar-refractivity contribution < 1.29 is 5.11 Å². The molecule has 1 nitrogen and oxygen atoms in total. The molecule has 0 atom stereocenters. The lowest BCUT2D eigenvalue weighted by Crippen LogP contribution is -2.43. The van der Waals surface area contributed by atoms with E-state index in [4.69, 9.17) is 0 Å². The van der Waals surface area contributed by atoms with E-state index in [-0.39, 0.29) is 5.60 Å². The van der Waals surface area contributed by atoms with Crippen molar-refractivity contribution in [2.45, 2.75) is 97.0 Å². The summed E-state index contributed by atoms with van der Waals surface area (Å²) in [6, 6.07) is 0. The van der Waals surface area contributed by atoms with Gasteiger partial charge in [-0.25, -0.2) is 0 Å². The molecule has 0 amide bonds. The maximum absolute atomic E-state index is 11.1. The Morgan fingerprint density at radius 1 is 0.947 bits per heavy atom. The average Bonchev–Trinajstić information content (AvgIpc) is 2.68. The summed E-state index contributed by atoms with van der Waals surface area (Å²) in [5.41, 5.74) is 0.148. The van der Waals surface area contributed by atoms with Crippen LogP contribution in [-0.4, -0.2) is 10.7 Å². The summed E-state index contributed by atoms with van der Waals surface area (Å²) in [4.78, 5) is 0. The fourth-order valence-corrected chi connectivity index (χ4v) is 4.41. The summed E-state index contributed by atoms with van der Waals surface area (Å²) in [6.45, 7) is 7.13. The average molecular weight is 266 g/mol. The van der Waals surface area contributed by atoms with Gasteiger partial charge >= 0.3 is 0 Å². The lowest BCUT2D eigenvalue weighted by atomic mass is 9.63. The summed E-state index contributed by atoms with van der Waals surface area (Å²) in [5.74, 6) is 1.42. The molecule has 2 aliphatic carbocycles. The quantitative estimate of drug-likeness (QED) is 0.686. The molecule has 0 heterocycles. The van der Waals surface area contributed by atoms with Crippen molar-refractivity contribution >= 4 is 0 Å². The first-order chi connectivity index (χ1) is 8.98. The van der Waals surface area contributed by atoms with Gasteiger partial charge in [0.2, 0.25) is 0 Å². The topological polar surface area (TPSA) is 20.2 Å². The van der Waals surface area contributed by atoms with Crippen molar-refractivity contribution in [2.75, 3.05) is 0 Å². The molecule has 0 aliphatic heterocycles. The monoisotopic (exact) mass is 266 g/mol. The maximum Gasteiger partial charge on any atom is 0.0676 e. The third-order valence-corrected chi connectivity index (χ3v) is 6.48. The van der Waals surface area contributed by atoms with E-state index < -0.39 is 0 Å². The predicted octanol–water partition coefficient (Wildman–Crippen LogP) is 5.31. The zero-order chi connectivity index (χ0) is 13.9. The van der Waals surface area contributed by atoms with Gasteiger partial charge in [0.25, 0.3) is 0 Å². The second-order valence-corrected chi connectivity index (χ2v) is 7.91. The van der Waals surface area contributed by atoms with Gasteiger partial charge in [0.15, 0.2) is 0 Å². The van der Waals surface area contributed by atoms with Crippen LogP contribution in [-0.2, 0) is 0 Å². The smallest absolute Gasteiger partial charge is 0.0676 e. The first kappa shape index (κ1) is 15.4. The van der Waals surface area contributed by atoms with E-state index in [0.717, 1.165) is 18.8 Å². The van der Waals surface area contributed by atoms with Gasteiger partial charge in [-0.15, -0.1) is 0 Å². The van der Waals surface area contributed by atoms with Crippen LogP contribution in [0.25, 0.3) is 0 Å². The first-order valence-corrected chi connectivity index (χ1v) is 8.70. The molecular weight excluding hydrogens is 232 g/mol. The molecule has 0 bridgehead atoms. The van der Waals surface area contributed by atoms with Gasteiger partial charge in [0.05, 0.1) is 5.60 Å². The second-order valence-electron chi connectivity index (χ2n) is 7.91. The summed E-state index contributed by atoms with van der Waals surface area (Å²) in [5, 5.41) is 11.1. The van der Waals surface area contributed by atoms with Crippen molar-refractivity contribution in [1.29, 1.82) is 0 Å². The molecule has 0 unspecified atom stereocenters. The molecule has 0 radical (unpaired) electrons. The van der Waals surface area contributed by atoms with Gasteiger partial charge in [-0.2, -0.15) is 0 Å². The van der Waals surface area contributed by atoms with Gasteiger partial charge in [-0.1, -0.05) is 52.9 Å². The zero-order valence-corrected chi connectivity index (χ0v) is 13.4. The predicted molar refractivity (Wildman–Crippen MR) is 82.2 cm³/mol.